The highest BCUT2D eigenvalue weighted by molar-refractivity contribution is 5.94. The normalized spacial score (nSPS) is 17.7. The van der Waals surface area contributed by atoms with E-state index in [9.17, 15) is 4.79 Å². The second-order valence-electron chi connectivity index (χ2n) is 7.14. The van der Waals surface area contributed by atoms with E-state index in [1.807, 2.05) is 29.2 Å². The summed E-state index contributed by atoms with van der Waals surface area (Å²) in [5.74, 6) is 1.78. The number of ether oxygens (including phenoxy) is 2. The van der Waals surface area contributed by atoms with Gasteiger partial charge in [-0.2, -0.15) is 0 Å². The summed E-state index contributed by atoms with van der Waals surface area (Å²) in [5.41, 5.74) is 0.716. The molecule has 0 aromatic heterocycles. The molecule has 6 heteroatoms. The molecule has 1 aliphatic carbocycles. The lowest BCUT2D eigenvalue weighted by atomic mass is 10.0. The number of benzene rings is 1. The number of amides is 1. The number of halogens is 1. The zero-order valence-electron chi connectivity index (χ0n) is 15.6. The first kappa shape index (κ1) is 21.0. The van der Waals surface area contributed by atoms with Crippen LogP contribution in [0.5, 0.6) is 5.75 Å². The maximum Gasteiger partial charge on any atom is 0.253 e. The first-order valence-corrected chi connectivity index (χ1v) is 9.50. The fourth-order valence-corrected chi connectivity index (χ4v) is 3.24. The molecule has 0 spiro atoms. The van der Waals surface area contributed by atoms with E-state index in [4.69, 9.17) is 9.47 Å². The molecule has 1 aromatic rings. The molecule has 146 valence electrons. The van der Waals surface area contributed by atoms with E-state index < -0.39 is 0 Å². The van der Waals surface area contributed by atoms with Crippen molar-refractivity contribution in [1.82, 2.24) is 10.2 Å². The summed E-state index contributed by atoms with van der Waals surface area (Å²) < 4.78 is 10.7. The van der Waals surface area contributed by atoms with Crippen molar-refractivity contribution < 1.29 is 14.3 Å². The van der Waals surface area contributed by atoms with Gasteiger partial charge in [0.05, 0.1) is 6.61 Å². The third kappa shape index (κ3) is 6.45. The zero-order chi connectivity index (χ0) is 17.5. The molecule has 1 saturated heterocycles. The monoisotopic (exact) mass is 382 g/mol. The van der Waals surface area contributed by atoms with E-state index in [2.05, 4.69) is 5.32 Å². The Balaban J connectivity index is 0.00000243. The number of hydrogen-bond donors (Lipinski definition) is 1. The molecule has 1 amide bonds. The van der Waals surface area contributed by atoms with E-state index in [1.165, 1.54) is 12.8 Å². The van der Waals surface area contributed by atoms with Gasteiger partial charge >= 0.3 is 0 Å². The van der Waals surface area contributed by atoms with Gasteiger partial charge in [-0.15, -0.1) is 12.4 Å². The lowest BCUT2D eigenvalue weighted by molar-refractivity contribution is 0.0704. The molecule has 1 aliphatic heterocycles. The highest BCUT2D eigenvalue weighted by Crippen LogP contribution is 2.28. The number of hydrogen-bond acceptors (Lipinski definition) is 4. The van der Waals surface area contributed by atoms with E-state index in [-0.39, 0.29) is 18.3 Å². The minimum absolute atomic E-state index is 0. The van der Waals surface area contributed by atoms with Crippen LogP contribution in [0.2, 0.25) is 0 Å². The van der Waals surface area contributed by atoms with E-state index in [0.29, 0.717) is 24.8 Å². The molecule has 2 fully saturated rings. The zero-order valence-corrected chi connectivity index (χ0v) is 16.4. The van der Waals surface area contributed by atoms with Gasteiger partial charge in [-0.05, 0) is 56.3 Å². The highest BCUT2D eigenvalue weighted by Gasteiger charge is 2.26. The first-order chi connectivity index (χ1) is 12.3. The summed E-state index contributed by atoms with van der Waals surface area (Å²) in [5, 5.41) is 3.66. The van der Waals surface area contributed by atoms with Crippen LogP contribution in [0.25, 0.3) is 0 Å². The molecule has 5 nitrogen and oxygen atoms in total. The molecular weight excluding hydrogens is 352 g/mol. The van der Waals surface area contributed by atoms with Crippen LogP contribution >= 0.6 is 12.4 Å². The van der Waals surface area contributed by atoms with E-state index >= 15 is 0 Å². The second kappa shape index (κ2) is 10.8. The third-order valence-electron chi connectivity index (χ3n) is 5.02. The number of methoxy groups -OCH3 is 1. The Bertz CT molecular complexity index is 558. The van der Waals surface area contributed by atoms with Crippen molar-refractivity contribution in [2.75, 3.05) is 40.0 Å². The summed E-state index contributed by atoms with van der Waals surface area (Å²) in [6.45, 7) is 4.10. The van der Waals surface area contributed by atoms with Crippen LogP contribution in [-0.4, -0.2) is 56.8 Å². The van der Waals surface area contributed by atoms with Crippen molar-refractivity contribution in [1.29, 1.82) is 0 Å². The Morgan fingerprint density at radius 2 is 1.96 bits per heavy atom. The summed E-state index contributed by atoms with van der Waals surface area (Å²) in [6, 6.07) is 8.09. The molecule has 1 aromatic carbocycles. The van der Waals surface area contributed by atoms with Crippen LogP contribution in [0.4, 0.5) is 0 Å². The van der Waals surface area contributed by atoms with Crippen molar-refractivity contribution >= 4 is 18.3 Å². The van der Waals surface area contributed by atoms with E-state index in [0.717, 1.165) is 50.6 Å². The van der Waals surface area contributed by atoms with Crippen LogP contribution in [-0.2, 0) is 4.74 Å². The Morgan fingerprint density at radius 3 is 2.65 bits per heavy atom. The summed E-state index contributed by atoms with van der Waals surface area (Å²) >= 11 is 0. The predicted molar refractivity (Wildman–Crippen MR) is 105 cm³/mol. The van der Waals surface area contributed by atoms with Crippen LogP contribution in [0.1, 0.15) is 42.5 Å². The van der Waals surface area contributed by atoms with Gasteiger partial charge in [0.15, 0.2) is 0 Å². The SMILES string of the molecule is COCCCOc1cccc(C(=O)N2CCC(NCC3CC3)CC2)c1.Cl. The average Bonchev–Trinajstić information content (AvgIpc) is 3.48. The molecular formula is C20H31ClN2O3. The largest absolute Gasteiger partial charge is 0.493 e. The average molecular weight is 383 g/mol. The molecule has 0 bridgehead atoms. The summed E-state index contributed by atoms with van der Waals surface area (Å²) in [7, 11) is 1.68. The number of likely N-dealkylation sites (tertiary alicyclic amines) is 1. The van der Waals surface area contributed by atoms with Gasteiger partial charge in [-0.3, -0.25) is 4.79 Å². The molecule has 0 radical (unpaired) electrons. The summed E-state index contributed by atoms with van der Waals surface area (Å²) in [6.07, 6.45) is 5.70. The van der Waals surface area contributed by atoms with Gasteiger partial charge in [-0.1, -0.05) is 6.07 Å². The summed E-state index contributed by atoms with van der Waals surface area (Å²) in [4.78, 5) is 14.7. The quantitative estimate of drug-likeness (QED) is 0.666. The Hall–Kier alpha value is -1.30. The third-order valence-corrected chi connectivity index (χ3v) is 5.02. The molecule has 3 rings (SSSR count). The Morgan fingerprint density at radius 1 is 1.19 bits per heavy atom. The highest BCUT2D eigenvalue weighted by atomic mass is 35.5. The number of nitrogens with zero attached hydrogens (tertiary/aromatic N) is 1. The predicted octanol–water partition coefficient (Wildman–Crippen LogP) is 3.13. The lowest BCUT2D eigenvalue weighted by Crippen LogP contribution is -2.45. The van der Waals surface area contributed by atoms with Gasteiger partial charge < -0.3 is 19.7 Å². The minimum Gasteiger partial charge on any atom is -0.493 e. The van der Waals surface area contributed by atoms with Gasteiger partial charge in [-0.25, -0.2) is 0 Å². The smallest absolute Gasteiger partial charge is 0.253 e. The lowest BCUT2D eigenvalue weighted by Gasteiger charge is -2.32. The van der Waals surface area contributed by atoms with Crippen LogP contribution in [0.3, 0.4) is 0 Å². The fraction of sp³-hybridized carbons (Fsp3) is 0.650. The van der Waals surface area contributed by atoms with E-state index in [1.54, 1.807) is 7.11 Å². The van der Waals surface area contributed by atoms with Gasteiger partial charge in [0.25, 0.3) is 5.91 Å². The maximum absolute atomic E-state index is 12.7. The van der Waals surface area contributed by atoms with Gasteiger partial charge in [0.1, 0.15) is 5.75 Å². The van der Waals surface area contributed by atoms with Crippen LogP contribution < -0.4 is 10.1 Å². The number of piperidine rings is 1. The molecule has 0 atom stereocenters. The van der Waals surface area contributed by atoms with Crippen molar-refractivity contribution in [2.24, 2.45) is 5.92 Å². The van der Waals surface area contributed by atoms with Crippen molar-refractivity contribution in [3.63, 3.8) is 0 Å². The van der Waals surface area contributed by atoms with Crippen molar-refractivity contribution in [3.8, 4) is 5.75 Å². The van der Waals surface area contributed by atoms with Gasteiger partial charge in [0.2, 0.25) is 0 Å². The molecule has 2 aliphatic rings. The number of rotatable bonds is 9. The van der Waals surface area contributed by atoms with Crippen molar-refractivity contribution in [3.05, 3.63) is 29.8 Å². The Kier molecular flexibility index (Phi) is 8.69. The van der Waals surface area contributed by atoms with Crippen LogP contribution in [0.15, 0.2) is 24.3 Å². The standard InChI is InChI=1S/C20H30N2O3.ClH/c1-24-12-3-13-25-19-5-2-4-17(14-19)20(23)22-10-8-18(9-11-22)21-15-16-6-7-16;/h2,4-5,14,16,18,21H,3,6-13,15H2,1H3;1H. The molecule has 1 heterocycles. The second-order valence-corrected chi connectivity index (χ2v) is 7.14. The molecule has 1 N–H and O–H groups in total. The number of nitrogens with one attached hydrogen (secondary N) is 1. The molecule has 26 heavy (non-hydrogen) atoms. The fourth-order valence-electron chi connectivity index (χ4n) is 3.24. The van der Waals surface area contributed by atoms with Crippen LogP contribution in [0, 0.1) is 5.92 Å². The number of carbonyl (C=O) groups is 1. The maximum atomic E-state index is 12.7. The van der Waals surface area contributed by atoms with Gasteiger partial charge in [0, 0.05) is 44.8 Å². The topological polar surface area (TPSA) is 50.8 Å². The first-order valence-electron chi connectivity index (χ1n) is 9.50. The number of carbonyl (C=O) groups excluding carboxylic acids is 1. The minimum atomic E-state index is 0. The molecule has 1 saturated carbocycles. The molecule has 0 unspecified atom stereocenters. The van der Waals surface area contributed by atoms with Crippen molar-refractivity contribution in [2.45, 2.75) is 38.1 Å². The Labute approximate surface area is 162 Å².